The molecule has 2 aliphatic heterocycles. The molecule has 180 valence electrons. The highest BCUT2D eigenvalue weighted by atomic mass is 16.2. The van der Waals surface area contributed by atoms with Gasteiger partial charge in [0.15, 0.2) is 0 Å². The first kappa shape index (κ1) is 22.8. The van der Waals surface area contributed by atoms with Gasteiger partial charge in [-0.1, -0.05) is 36.8 Å². The summed E-state index contributed by atoms with van der Waals surface area (Å²) in [6.07, 6.45) is 5.12. The number of benzene rings is 2. The maximum atomic E-state index is 13.5. The zero-order chi connectivity index (χ0) is 23.5. The highest BCUT2D eigenvalue weighted by Crippen LogP contribution is 2.29. The van der Waals surface area contributed by atoms with Crippen molar-refractivity contribution in [2.24, 2.45) is 5.92 Å². The van der Waals surface area contributed by atoms with E-state index in [1.807, 2.05) is 23.1 Å². The predicted molar refractivity (Wildman–Crippen MR) is 136 cm³/mol. The molecule has 2 aromatic carbocycles. The van der Waals surface area contributed by atoms with E-state index in [0.29, 0.717) is 0 Å². The molecule has 2 amide bonds. The van der Waals surface area contributed by atoms with Crippen LogP contribution in [0.4, 0.5) is 11.4 Å². The number of hydrogen-bond donors (Lipinski definition) is 1. The Labute approximate surface area is 202 Å². The van der Waals surface area contributed by atoms with E-state index in [1.165, 1.54) is 17.7 Å². The molecule has 6 nitrogen and oxygen atoms in total. The Balaban J connectivity index is 1.19. The Bertz CT molecular complexity index is 1020. The molecule has 0 unspecified atom stereocenters. The van der Waals surface area contributed by atoms with Gasteiger partial charge in [0.25, 0.3) is 5.91 Å². The van der Waals surface area contributed by atoms with E-state index in [2.05, 4.69) is 52.4 Å². The fraction of sp³-hybridized carbons (Fsp3) is 0.500. The second-order valence-electron chi connectivity index (χ2n) is 9.98. The number of carbonyl (C=O) groups excluding carboxylic acids is 2. The molecule has 0 bridgehead atoms. The van der Waals surface area contributed by atoms with Gasteiger partial charge in [0.2, 0.25) is 5.91 Å². The molecule has 2 saturated heterocycles. The summed E-state index contributed by atoms with van der Waals surface area (Å²) in [5.41, 5.74) is 4.36. The third kappa shape index (κ3) is 4.77. The fourth-order valence-electron chi connectivity index (χ4n) is 5.42. The van der Waals surface area contributed by atoms with Crippen molar-refractivity contribution in [2.75, 3.05) is 49.1 Å². The van der Waals surface area contributed by atoms with Crippen LogP contribution in [0, 0.1) is 12.8 Å². The number of para-hydroxylation sites is 2. The van der Waals surface area contributed by atoms with Gasteiger partial charge in [-0.05, 0) is 56.4 Å². The largest absolute Gasteiger partial charge is 0.371 e. The number of anilines is 2. The van der Waals surface area contributed by atoms with Crippen LogP contribution in [0.25, 0.3) is 0 Å². The lowest BCUT2D eigenvalue weighted by atomic mass is 9.84. The molecular formula is C28H36N4O2. The standard InChI is InChI=1S/C28H36N4O2/c1-21-7-2-4-11-25(21)31-17-19-32(20-18-31)28(34)24-10-3-5-12-26(24)30-15-13-23(14-16-30)29-27(33)22-8-6-9-22/h2-5,7,10-12,22-23H,6,8-9,13-20H2,1H3,(H,29,33). The number of carbonyl (C=O) groups is 2. The summed E-state index contributed by atoms with van der Waals surface area (Å²) in [6.45, 7) is 7.04. The van der Waals surface area contributed by atoms with E-state index in [9.17, 15) is 9.59 Å². The van der Waals surface area contributed by atoms with E-state index in [1.54, 1.807) is 0 Å². The van der Waals surface area contributed by atoms with Crippen LogP contribution in [0.2, 0.25) is 0 Å². The first-order chi connectivity index (χ1) is 16.6. The van der Waals surface area contributed by atoms with Gasteiger partial charge in [-0.2, -0.15) is 0 Å². The molecule has 0 radical (unpaired) electrons. The smallest absolute Gasteiger partial charge is 0.256 e. The first-order valence-electron chi connectivity index (χ1n) is 12.8. The van der Waals surface area contributed by atoms with Gasteiger partial charge in [0, 0.05) is 62.6 Å². The van der Waals surface area contributed by atoms with Crippen molar-refractivity contribution in [2.45, 2.75) is 45.1 Å². The number of amides is 2. The quantitative estimate of drug-likeness (QED) is 0.737. The van der Waals surface area contributed by atoms with Gasteiger partial charge in [-0.15, -0.1) is 0 Å². The first-order valence-corrected chi connectivity index (χ1v) is 12.8. The Hall–Kier alpha value is -3.02. The number of rotatable bonds is 5. The molecule has 0 aromatic heterocycles. The third-order valence-electron chi connectivity index (χ3n) is 7.82. The second kappa shape index (κ2) is 10.1. The normalized spacial score (nSPS) is 19.6. The average molecular weight is 461 g/mol. The monoisotopic (exact) mass is 460 g/mol. The highest BCUT2D eigenvalue weighted by Gasteiger charge is 2.30. The lowest BCUT2D eigenvalue weighted by Crippen LogP contribution is -2.49. The van der Waals surface area contributed by atoms with Crippen LogP contribution in [0.1, 0.15) is 48.0 Å². The third-order valence-corrected chi connectivity index (χ3v) is 7.82. The van der Waals surface area contributed by atoms with E-state index in [4.69, 9.17) is 0 Å². The van der Waals surface area contributed by atoms with E-state index in [-0.39, 0.29) is 23.8 Å². The maximum Gasteiger partial charge on any atom is 0.256 e. The van der Waals surface area contributed by atoms with Gasteiger partial charge in [-0.3, -0.25) is 9.59 Å². The molecule has 2 heterocycles. The fourth-order valence-corrected chi connectivity index (χ4v) is 5.42. The number of piperidine rings is 1. The zero-order valence-corrected chi connectivity index (χ0v) is 20.2. The van der Waals surface area contributed by atoms with Crippen molar-refractivity contribution < 1.29 is 9.59 Å². The molecule has 0 atom stereocenters. The lowest BCUT2D eigenvalue weighted by molar-refractivity contribution is -0.128. The number of nitrogens with one attached hydrogen (secondary N) is 1. The van der Waals surface area contributed by atoms with Crippen LogP contribution in [0.3, 0.4) is 0 Å². The molecule has 3 fully saturated rings. The summed E-state index contributed by atoms with van der Waals surface area (Å²) >= 11 is 0. The number of piperazine rings is 1. The lowest BCUT2D eigenvalue weighted by Gasteiger charge is -2.38. The maximum absolute atomic E-state index is 13.5. The van der Waals surface area contributed by atoms with Gasteiger partial charge in [0.05, 0.1) is 5.56 Å². The van der Waals surface area contributed by atoms with Crippen molar-refractivity contribution in [3.8, 4) is 0 Å². The molecule has 1 aliphatic carbocycles. The minimum atomic E-state index is 0.125. The zero-order valence-electron chi connectivity index (χ0n) is 20.2. The van der Waals surface area contributed by atoms with Gasteiger partial charge in [-0.25, -0.2) is 0 Å². The van der Waals surface area contributed by atoms with Gasteiger partial charge >= 0.3 is 0 Å². The van der Waals surface area contributed by atoms with Gasteiger partial charge < -0.3 is 20.0 Å². The molecule has 5 rings (SSSR count). The van der Waals surface area contributed by atoms with Crippen molar-refractivity contribution in [3.05, 3.63) is 59.7 Å². The molecule has 3 aliphatic rings. The van der Waals surface area contributed by atoms with Crippen molar-refractivity contribution in [3.63, 3.8) is 0 Å². The number of hydrogen-bond acceptors (Lipinski definition) is 4. The van der Waals surface area contributed by atoms with Crippen LogP contribution in [0.15, 0.2) is 48.5 Å². The summed E-state index contributed by atoms with van der Waals surface area (Å²) in [4.78, 5) is 32.5. The molecule has 6 heteroatoms. The second-order valence-corrected chi connectivity index (χ2v) is 9.98. The van der Waals surface area contributed by atoms with Crippen LogP contribution < -0.4 is 15.1 Å². The van der Waals surface area contributed by atoms with Gasteiger partial charge in [0.1, 0.15) is 0 Å². The molecule has 34 heavy (non-hydrogen) atoms. The van der Waals surface area contributed by atoms with Crippen molar-refractivity contribution in [1.29, 1.82) is 0 Å². The Morgan fingerprint density at radius 3 is 2.03 bits per heavy atom. The molecule has 2 aromatic rings. The number of nitrogens with zero attached hydrogens (tertiary/aromatic N) is 3. The van der Waals surface area contributed by atoms with E-state index >= 15 is 0 Å². The molecule has 0 spiro atoms. The van der Waals surface area contributed by atoms with E-state index < -0.39 is 0 Å². The highest BCUT2D eigenvalue weighted by molar-refractivity contribution is 6.00. The Kier molecular flexibility index (Phi) is 6.75. The summed E-state index contributed by atoms with van der Waals surface area (Å²) in [6, 6.07) is 16.7. The Morgan fingerprint density at radius 2 is 1.38 bits per heavy atom. The molecule has 1 saturated carbocycles. The van der Waals surface area contributed by atoms with Crippen LogP contribution in [-0.4, -0.2) is 62.0 Å². The van der Waals surface area contributed by atoms with E-state index in [0.717, 1.165) is 76.2 Å². The number of aryl methyl sites for hydroxylation is 1. The van der Waals surface area contributed by atoms with Crippen molar-refractivity contribution in [1.82, 2.24) is 10.2 Å². The Morgan fingerprint density at radius 1 is 0.765 bits per heavy atom. The minimum absolute atomic E-state index is 0.125. The molecule has 1 N–H and O–H groups in total. The summed E-state index contributed by atoms with van der Waals surface area (Å²) in [7, 11) is 0. The molecular weight excluding hydrogens is 424 g/mol. The summed E-state index contributed by atoms with van der Waals surface area (Å²) in [5, 5.41) is 3.26. The van der Waals surface area contributed by atoms with Crippen molar-refractivity contribution >= 4 is 23.2 Å². The summed E-state index contributed by atoms with van der Waals surface area (Å²) in [5.74, 6) is 0.605. The topological polar surface area (TPSA) is 55.9 Å². The SMILES string of the molecule is Cc1ccccc1N1CCN(C(=O)c2ccccc2N2CCC(NC(=O)C3CCC3)CC2)CC1. The summed E-state index contributed by atoms with van der Waals surface area (Å²) < 4.78 is 0. The van der Waals surface area contributed by atoms with Crippen LogP contribution in [0.5, 0.6) is 0 Å². The predicted octanol–water partition coefficient (Wildman–Crippen LogP) is 3.84. The van der Waals surface area contributed by atoms with Crippen LogP contribution in [-0.2, 0) is 4.79 Å². The van der Waals surface area contributed by atoms with Crippen LogP contribution >= 0.6 is 0 Å². The minimum Gasteiger partial charge on any atom is -0.371 e. The average Bonchev–Trinajstić information content (AvgIpc) is 2.83.